The maximum absolute atomic E-state index is 12.6. The van der Waals surface area contributed by atoms with Crippen molar-refractivity contribution >= 4 is 34.3 Å². The minimum atomic E-state index is -0.965. The van der Waals surface area contributed by atoms with Crippen molar-refractivity contribution in [2.45, 2.75) is 19.6 Å². The molecule has 0 unspecified atom stereocenters. The molecule has 0 N–H and O–H groups in total. The third kappa shape index (κ3) is 3.64. The number of benzene rings is 2. The third-order valence-corrected chi connectivity index (χ3v) is 4.21. The highest BCUT2D eigenvalue weighted by Gasteiger charge is 2.26. The first kappa shape index (κ1) is 18.2. The van der Waals surface area contributed by atoms with Gasteiger partial charge in [-0.15, -0.1) is 0 Å². The molecule has 0 bridgehead atoms. The van der Waals surface area contributed by atoms with Crippen LogP contribution in [0.15, 0.2) is 52.9 Å². The van der Waals surface area contributed by atoms with Crippen LogP contribution in [-0.4, -0.2) is 25.0 Å². The first-order valence-corrected chi connectivity index (χ1v) is 8.39. The Hall–Kier alpha value is -2.63. The summed E-state index contributed by atoms with van der Waals surface area (Å²) in [6.07, 6.45) is -0.965. The first-order chi connectivity index (χ1) is 12.5. The van der Waals surface area contributed by atoms with E-state index in [1.165, 1.54) is 14.0 Å². The Bertz CT molecular complexity index is 942. The molecule has 1 heterocycles. The van der Waals surface area contributed by atoms with Crippen molar-refractivity contribution in [2.75, 3.05) is 7.11 Å². The Balaban J connectivity index is 1.83. The van der Waals surface area contributed by atoms with Crippen LogP contribution in [0.25, 0.3) is 11.0 Å². The number of ketones is 1. The number of ether oxygens (including phenoxy) is 2. The second-order valence-electron chi connectivity index (χ2n) is 5.76. The SMILES string of the molecule is COCc1c(C(=O)O[C@@H](C)C(=O)c2ccc(Cl)cc2)oc2ccccc12. The van der Waals surface area contributed by atoms with E-state index in [-0.39, 0.29) is 18.2 Å². The predicted octanol–water partition coefficient (Wildman–Crippen LogP) is 4.66. The Kier molecular flexibility index (Phi) is 5.40. The van der Waals surface area contributed by atoms with Crippen LogP contribution in [0.4, 0.5) is 0 Å². The van der Waals surface area contributed by atoms with Gasteiger partial charge in [0.2, 0.25) is 11.5 Å². The van der Waals surface area contributed by atoms with Crippen molar-refractivity contribution in [3.8, 4) is 0 Å². The maximum Gasteiger partial charge on any atom is 0.375 e. The lowest BCUT2D eigenvalue weighted by atomic mass is 10.1. The zero-order chi connectivity index (χ0) is 18.7. The van der Waals surface area contributed by atoms with Gasteiger partial charge in [-0.25, -0.2) is 4.79 Å². The zero-order valence-corrected chi connectivity index (χ0v) is 15.1. The van der Waals surface area contributed by atoms with Crippen molar-refractivity contribution in [1.82, 2.24) is 0 Å². The number of rotatable bonds is 6. The number of halogens is 1. The Morgan fingerprint density at radius 2 is 1.81 bits per heavy atom. The maximum atomic E-state index is 12.6. The average molecular weight is 373 g/mol. The van der Waals surface area contributed by atoms with Crippen LogP contribution in [0.1, 0.15) is 33.4 Å². The highest BCUT2D eigenvalue weighted by atomic mass is 35.5. The fraction of sp³-hybridized carbons (Fsp3) is 0.200. The highest BCUT2D eigenvalue weighted by Crippen LogP contribution is 2.27. The average Bonchev–Trinajstić information content (AvgIpc) is 3.01. The van der Waals surface area contributed by atoms with Gasteiger partial charge in [-0.3, -0.25) is 4.79 Å². The molecule has 0 amide bonds. The van der Waals surface area contributed by atoms with Crippen LogP contribution in [0, 0.1) is 0 Å². The molecule has 2 aromatic carbocycles. The third-order valence-electron chi connectivity index (χ3n) is 3.95. The van der Waals surface area contributed by atoms with Gasteiger partial charge in [-0.05, 0) is 37.3 Å². The zero-order valence-electron chi connectivity index (χ0n) is 14.3. The molecule has 0 aliphatic rings. The molecule has 0 saturated carbocycles. The second-order valence-corrected chi connectivity index (χ2v) is 6.19. The van der Waals surface area contributed by atoms with E-state index in [4.69, 9.17) is 25.5 Å². The summed E-state index contributed by atoms with van der Waals surface area (Å²) in [4.78, 5) is 25.0. The molecular weight excluding hydrogens is 356 g/mol. The number of methoxy groups -OCH3 is 1. The fourth-order valence-electron chi connectivity index (χ4n) is 2.67. The van der Waals surface area contributed by atoms with Crippen LogP contribution in [0.3, 0.4) is 0 Å². The summed E-state index contributed by atoms with van der Waals surface area (Å²) in [7, 11) is 1.53. The van der Waals surface area contributed by atoms with E-state index in [9.17, 15) is 9.59 Å². The van der Waals surface area contributed by atoms with Crippen molar-refractivity contribution < 1.29 is 23.5 Å². The summed E-state index contributed by atoms with van der Waals surface area (Å²) in [5.74, 6) is -0.980. The number of carbonyl (C=O) groups excluding carboxylic acids is 2. The lowest BCUT2D eigenvalue weighted by Gasteiger charge is -2.12. The number of para-hydroxylation sites is 1. The molecule has 3 rings (SSSR count). The van der Waals surface area contributed by atoms with Crippen molar-refractivity contribution in [2.24, 2.45) is 0 Å². The molecule has 5 nitrogen and oxygen atoms in total. The largest absolute Gasteiger partial charge is 0.449 e. The van der Waals surface area contributed by atoms with Gasteiger partial charge in [-0.1, -0.05) is 29.8 Å². The molecule has 1 atom stereocenters. The number of carbonyl (C=O) groups is 2. The molecule has 134 valence electrons. The topological polar surface area (TPSA) is 65.7 Å². The first-order valence-electron chi connectivity index (χ1n) is 8.01. The molecule has 0 aliphatic heterocycles. The Morgan fingerprint density at radius 3 is 2.50 bits per heavy atom. The van der Waals surface area contributed by atoms with Crippen LogP contribution < -0.4 is 0 Å². The van der Waals surface area contributed by atoms with Gasteiger partial charge in [0.1, 0.15) is 5.58 Å². The standard InChI is InChI=1S/C20H17ClO5/c1-12(18(22)13-7-9-14(21)10-8-13)25-20(23)19-16(11-24-2)15-5-3-4-6-17(15)26-19/h3-10,12H,11H2,1-2H3/t12-/m0/s1. The molecule has 1 aromatic heterocycles. The minimum absolute atomic E-state index is 0.0452. The van der Waals surface area contributed by atoms with E-state index in [1.54, 1.807) is 30.3 Å². The predicted molar refractivity (Wildman–Crippen MR) is 97.6 cm³/mol. The number of Topliss-reactive ketones (excluding diaryl/α,β-unsaturated/α-hetero) is 1. The monoisotopic (exact) mass is 372 g/mol. The summed E-state index contributed by atoms with van der Waals surface area (Å²) in [5, 5.41) is 1.30. The molecule has 0 spiro atoms. The van der Waals surface area contributed by atoms with Gasteiger partial charge >= 0.3 is 5.97 Å². The van der Waals surface area contributed by atoms with E-state index in [0.29, 0.717) is 21.7 Å². The summed E-state index contributed by atoms with van der Waals surface area (Å²) in [6, 6.07) is 13.7. The van der Waals surface area contributed by atoms with Gasteiger partial charge in [0.15, 0.2) is 6.10 Å². The quantitative estimate of drug-likeness (QED) is 0.465. The molecule has 6 heteroatoms. The summed E-state index contributed by atoms with van der Waals surface area (Å²) < 4.78 is 16.1. The van der Waals surface area contributed by atoms with Gasteiger partial charge in [0.05, 0.1) is 6.61 Å². The lowest BCUT2D eigenvalue weighted by Crippen LogP contribution is -2.24. The second kappa shape index (κ2) is 7.72. The number of esters is 1. The summed E-state index contributed by atoms with van der Waals surface area (Å²) in [6.45, 7) is 1.72. The number of hydrogen-bond donors (Lipinski definition) is 0. The molecule has 3 aromatic rings. The number of fused-ring (bicyclic) bond motifs is 1. The highest BCUT2D eigenvalue weighted by molar-refractivity contribution is 6.30. The Morgan fingerprint density at radius 1 is 1.12 bits per heavy atom. The van der Waals surface area contributed by atoms with E-state index in [2.05, 4.69) is 0 Å². The van der Waals surface area contributed by atoms with Crippen molar-refractivity contribution in [3.05, 3.63) is 70.4 Å². The van der Waals surface area contributed by atoms with Crippen molar-refractivity contribution in [3.63, 3.8) is 0 Å². The van der Waals surface area contributed by atoms with Gasteiger partial charge in [0, 0.05) is 28.6 Å². The van der Waals surface area contributed by atoms with Crippen LogP contribution in [-0.2, 0) is 16.1 Å². The van der Waals surface area contributed by atoms with Gasteiger partial charge in [0.25, 0.3) is 0 Å². The Labute approximate surface area is 155 Å². The van der Waals surface area contributed by atoms with Gasteiger partial charge in [-0.2, -0.15) is 0 Å². The molecule has 26 heavy (non-hydrogen) atoms. The fourth-order valence-corrected chi connectivity index (χ4v) is 2.79. The molecule has 0 radical (unpaired) electrons. The molecule has 0 saturated heterocycles. The summed E-state index contributed by atoms with van der Waals surface area (Å²) in [5.41, 5.74) is 1.57. The van der Waals surface area contributed by atoms with Crippen molar-refractivity contribution in [1.29, 1.82) is 0 Å². The number of hydrogen-bond acceptors (Lipinski definition) is 5. The number of furan rings is 1. The molecular formula is C20H17ClO5. The van der Waals surface area contributed by atoms with Crippen LogP contribution in [0.5, 0.6) is 0 Å². The van der Waals surface area contributed by atoms with E-state index in [0.717, 1.165) is 5.39 Å². The lowest BCUT2D eigenvalue weighted by molar-refractivity contribution is 0.0286. The van der Waals surface area contributed by atoms with Crippen LogP contribution >= 0.6 is 11.6 Å². The normalized spacial score (nSPS) is 12.1. The minimum Gasteiger partial charge on any atom is -0.449 e. The summed E-state index contributed by atoms with van der Waals surface area (Å²) >= 11 is 5.83. The molecule has 0 aliphatic carbocycles. The van der Waals surface area contributed by atoms with E-state index >= 15 is 0 Å². The van der Waals surface area contributed by atoms with Crippen LogP contribution in [0.2, 0.25) is 5.02 Å². The molecule has 0 fully saturated rings. The smallest absolute Gasteiger partial charge is 0.375 e. The van der Waals surface area contributed by atoms with E-state index in [1.807, 2.05) is 18.2 Å². The van der Waals surface area contributed by atoms with Gasteiger partial charge < -0.3 is 13.9 Å². The van der Waals surface area contributed by atoms with E-state index < -0.39 is 12.1 Å².